The van der Waals surface area contributed by atoms with Crippen LogP contribution in [0.4, 0.5) is 14.9 Å². The maximum atomic E-state index is 14.7. The Balaban J connectivity index is 1.63. The number of rotatable bonds is 8. The van der Waals surface area contributed by atoms with Crippen molar-refractivity contribution in [2.24, 2.45) is 0 Å². The van der Waals surface area contributed by atoms with Crippen molar-refractivity contribution >= 4 is 29.5 Å². The summed E-state index contributed by atoms with van der Waals surface area (Å²) in [6, 6.07) is 12.3. The van der Waals surface area contributed by atoms with Crippen molar-refractivity contribution < 1.29 is 23.5 Å². The van der Waals surface area contributed by atoms with Gasteiger partial charge in [-0.1, -0.05) is 12.1 Å². The summed E-state index contributed by atoms with van der Waals surface area (Å²) >= 11 is 1.62. The molecular weight excluding hydrogens is 395 g/mol. The van der Waals surface area contributed by atoms with Crippen molar-refractivity contribution in [1.29, 1.82) is 0 Å². The van der Waals surface area contributed by atoms with Crippen LogP contribution in [0.3, 0.4) is 0 Å². The first-order chi connectivity index (χ1) is 14.0. The molecule has 0 bridgehead atoms. The summed E-state index contributed by atoms with van der Waals surface area (Å²) in [7, 11) is 0. The number of hydrogen-bond donors (Lipinski definition) is 1. The lowest BCUT2D eigenvalue weighted by Gasteiger charge is -2.14. The average molecular weight is 418 g/mol. The summed E-state index contributed by atoms with van der Waals surface area (Å²) in [5.41, 5.74) is 1.68. The molecule has 3 rings (SSSR count). The van der Waals surface area contributed by atoms with Crippen molar-refractivity contribution in [2.75, 3.05) is 37.4 Å². The Kier molecular flexibility index (Phi) is 7.11. The van der Waals surface area contributed by atoms with Crippen LogP contribution in [0.25, 0.3) is 11.1 Å². The molecule has 2 aromatic rings. The van der Waals surface area contributed by atoms with Crippen LogP contribution >= 0.6 is 11.8 Å². The van der Waals surface area contributed by atoms with Gasteiger partial charge in [-0.25, -0.2) is 9.18 Å². The summed E-state index contributed by atoms with van der Waals surface area (Å²) in [4.78, 5) is 26.0. The first-order valence-electron chi connectivity index (χ1n) is 9.30. The third-order valence-corrected chi connectivity index (χ3v) is 5.23. The van der Waals surface area contributed by atoms with Crippen LogP contribution in [-0.4, -0.2) is 50.7 Å². The predicted molar refractivity (Wildman–Crippen MR) is 111 cm³/mol. The Morgan fingerprint density at radius 2 is 2.07 bits per heavy atom. The van der Waals surface area contributed by atoms with Crippen LogP contribution in [-0.2, 0) is 14.3 Å². The Hall–Kier alpha value is -2.58. The number of nitrogens with one attached hydrogen (secondary N) is 1. The summed E-state index contributed by atoms with van der Waals surface area (Å²) in [5.74, 6) is -0.770. The number of anilines is 1. The molecule has 1 N–H and O–H groups in total. The fourth-order valence-electron chi connectivity index (χ4n) is 3.06. The van der Waals surface area contributed by atoms with Gasteiger partial charge < -0.3 is 14.8 Å². The second-order valence-electron chi connectivity index (χ2n) is 6.44. The van der Waals surface area contributed by atoms with Gasteiger partial charge in [0.05, 0.1) is 25.4 Å². The summed E-state index contributed by atoms with van der Waals surface area (Å²) in [6.45, 7) is 2.67. The van der Waals surface area contributed by atoms with Gasteiger partial charge in [0.25, 0.3) is 0 Å². The molecule has 1 aliphatic heterocycles. The van der Waals surface area contributed by atoms with Gasteiger partial charge in [-0.05, 0) is 49.1 Å². The molecule has 0 aromatic heterocycles. The van der Waals surface area contributed by atoms with Gasteiger partial charge in [-0.3, -0.25) is 9.69 Å². The molecular formula is C21H23FN2O4S. The van der Waals surface area contributed by atoms with Gasteiger partial charge in [-0.2, -0.15) is 0 Å². The molecule has 0 radical (unpaired) electrons. The van der Waals surface area contributed by atoms with Crippen LogP contribution in [0.2, 0.25) is 0 Å². The van der Waals surface area contributed by atoms with Crippen LogP contribution in [0, 0.1) is 5.82 Å². The number of nitrogens with zero attached hydrogens (tertiary/aromatic N) is 1. The highest BCUT2D eigenvalue weighted by molar-refractivity contribution is 7.98. The first-order valence-corrected chi connectivity index (χ1v) is 10.5. The highest BCUT2D eigenvalue weighted by Crippen LogP contribution is 2.30. The molecule has 0 aliphatic carbocycles. The zero-order valence-corrected chi connectivity index (χ0v) is 17.1. The van der Waals surface area contributed by atoms with Gasteiger partial charge in [0.15, 0.2) is 0 Å². The van der Waals surface area contributed by atoms with E-state index < -0.39 is 18.0 Å². The van der Waals surface area contributed by atoms with Crippen LogP contribution in [0.1, 0.15) is 6.92 Å². The molecule has 0 spiro atoms. The summed E-state index contributed by atoms with van der Waals surface area (Å²) in [5, 5.41) is 2.90. The maximum absolute atomic E-state index is 14.7. The van der Waals surface area contributed by atoms with Crippen molar-refractivity contribution in [3.8, 4) is 11.1 Å². The molecule has 1 heterocycles. The van der Waals surface area contributed by atoms with E-state index in [2.05, 4.69) is 5.32 Å². The number of thioether (sulfide) groups is 1. The molecule has 2 aromatic carbocycles. The van der Waals surface area contributed by atoms with Gasteiger partial charge in [-0.15, -0.1) is 11.8 Å². The molecule has 6 nitrogen and oxygen atoms in total. The normalized spacial score (nSPS) is 16.0. The molecule has 8 heteroatoms. The topological polar surface area (TPSA) is 67.9 Å². The number of carbonyl (C=O) groups excluding carboxylic acids is 2. The van der Waals surface area contributed by atoms with Crippen molar-refractivity contribution in [3.63, 3.8) is 0 Å². The van der Waals surface area contributed by atoms with E-state index in [4.69, 9.17) is 9.47 Å². The minimum absolute atomic E-state index is 0.0422. The molecule has 0 unspecified atom stereocenters. The molecule has 1 saturated heterocycles. The maximum Gasteiger partial charge on any atom is 0.414 e. The van der Waals surface area contributed by atoms with Crippen molar-refractivity contribution in [2.45, 2.75) is 17.9 Å². The van der Waals surface area contributed by atoms with Crippen LogP contribution in [0.15, 0.2) is 47.4 Å². The van der Waals surface area contributed by atoms with Crippen molar-refractivity contribution in [1.82, 2.24) is 5.32 Å². The number of ether oxygens (including phenoxy) is 2. The summed E-state index contributed by atoms with van der Waals surface area (Å²) < 4.78 is 24.8. The monoisotopic (exact) mass is 418 g/mol. The van der Waals surface area contributed by atoms with Crippen molar-refractivity contribution in [3.05, 3.63) is 48.3 Å². The van der Waals surface area contributed by atoms with E-state index >= 15 is 0 Å². The highest BCUT2D eigenvalue weighted by atomic mass is 32.2. The molecule has 154 valence electrons. The number of amides is 1. The fourth-order valence-corrected chi connectivity index (χ4v) is 3.47. The standard InChI is InChI=1S/C21H23FN2O4S/c1-3-27-20(25)12-23-11-16-13-24(21(26)28-16)15-6-9-18(19(22)10-15)14-4-7-17(29-2)8-5-14/h4-10,16,23H,3,11-13H2,1-2H3/t16-/m0/s1. The Labute approximate surface area is 173 Å². The van der Waals surface area contributed by atoms with Gasteiger partial charge in [0, 0.05) is 17.0 Å². The van der Waals surface area contributed by atoms with E-state index in [9.17, 15) is 14.0 Å². The number of esters is 1. The molecule has 0 saturated carbocycles. The Morgan fingerprint density at radius 1 is 1.31 bits per heavy atom. The minimum atomic E-state index is -0.538. The lowest BCUT2D eigenvalue weighted by atomic mass is 10.0. The third kappa shape index (κ3) is 5.27. The molecule has 1 amide bonds. The summed E-state index contributed by atoms with van der Waals surface area (Å²) in [6.07, 6.45) is 1.02. The zero-order chi connectivity index (χ0) is 20.8. The van der Waals surface area contributed by atoms with E-state index in [0.717, 1.165) is 10.5 Å². The number of halogens is 1. The smallest absolute Gasteiger partial charge is 0.414 e. The van der Waals surface area contributed by atoms with E-state index in [-0.39, 0.29) is 19.1 Å². The predicted octanol–water partition coefficient (Wildman–Crippen LogP) is 3.69. The number of hydrogen-bond acceptors (Lipinski definition) is 6. The second kappa shape index (κ2) is 9.76. The SMILES string of the molecule is CCOC(=O)CNC[C@H]1CN(c2ccc(-c3ccc(SC)cc3)c(F)c2)C(=O)O1. The highest BCUT2D eigenvalue weighted by Gasteiger charge is 2.32. The molecule has 1 atom stereocenters. The zero-order valence-electron chi connectivity index (χ0n) is 16.3. The number of cyclic esters (lactones) is 1. The Morgan fingerprint density at radius 3 is 2.72 bits per heavy atom. The average Bonchev–Trinajstić information content (AvgIpc) is 3.08. The number of carbonyl (C=O) groups is 2. The van der Waals surface area contributed by atoms with E-state index in [1.54, 1.807) is 30.8 Å². The quantitative estimate of drug-likeness (QED) is 0.521. The van der Waals surface area contributed by atoms with E-state index in [1.165, 1.54) is 11.0 Å². The van der Waals surface area contributed by atoms with E-state index in [1.807, 2.05) is 30.5 Å². The molecule has 29 heavy (non-hydrogen) atoms. The third-order valence-electron chi connectivity index (χ3n) is 4.49. The van der Waals surface area contributed by atoms with Gasteiger partial charge in [0.1, 0.15) is 11.9 Å². The van der Waals surface area contributed by atoms with Crippen LogP contribution < -0.4 is 10.2 Å². The molecule has 1 aliphatic rings. The van der Waals surface area contributed by atoms with Crippen LogP contribution in [0.5, 0.6) is 0 Å². The van der Waals surface area contributed by atoms with Gasteiger partial charge in [0.2, 0.25) is 0 Å². The fraction of sp³-hybridized carbons (Fsp3) is 0.333. The number of benzene rings is 2. The van der Waals surface area contributed by atoms with Gasteiger partial charge >= 0.3 is 12.1 Å². The minimum Gasteiger partial charge on any atom is -0.465 e. The Bertz CT molecular complexity index is 875. The van der Waals surface area contributed by atoms with E-state index in [0.29, 0.717) is 24.4 Å². The lowest BCUT2D eigenvalue weighted by molar-refractivity contribution is -0.142. The first kappa shape index (κ1) is 21.1. The lowest BCUT2D eigenvalue weighted by Crippen LogP contribution is -2.34. The largest absolute Gasteiger partial charge is 0.465 e. The second-order valence-corrected chi connectivity index (χ2v) is 7.32. The molecule has 1 fully saturated rings.